The molecule has 3 rings (SSSR count). The minimum Gasteiger partial charge on any atom is -0.336 e. The maximum absolute atomic E-state index is 4.77. The number of thiazole rings is 1. The van der Waals surface area contributed by atoms with Crippen LogP contribution >= 0.6 is 11.3 Å². The molecular formula is C12H16N4S. The maximum atomic E-state index is 4.77. The van der Waals surface area contributed by atoms with Crippen LogP contribution in [0.1, 0.15) is 33.7 Å². The molecule has 0 amide bonds. The van der Waals surface area contributed by atoms with E-state index in [1.807, 2.05) is 42.5 Å². The molecule has 0 saturated heterocycles. The molecule has 2 aromatic rings. The molecule has 90 valence electrons. The van der Waals surface area contributed by atoms with E-state index < -0.39 is 0 Å². The van der Waals surface area contributed by atoms with Gasteiger partial charge < -0.3 is 9.88 Å². The van der Waals surface area contributed by atoms with Crippen LogP contribution in [0.3, 0.4) is 0 Å². The van der Waals surface area contributed by atoms with Crippen molar-refractivity contribution in [3.63, 3.8) is 0 Å². The zero-order valence-corrected chi connectivity index (χ0v) is 10.9. The zero-order chi connectivity index (χ0) is 11.8. The van der Waals surface area contributed by atoms with Crippen LogP contribution in [0.4, 0.5) is 0 Å². The first-order valence-electron chi connectivity index (χ1n) is 5.91. The summed E-state index contributed by atoms with van der Waals surface area (Å²) in [5.74, 6) is 0. The molecule has 17 heavy (non-hydrogen) atoms. The highest BCUT2D eigenvalue weighted by Gasteiger charge is 2.23. The van der Waals surface area contributed by atoms with Crippen LogP contribution in [0, 0.1) is 0 Å². The van der Waals surface area contributed by atoms with Crippen molar-refractivity contribution in [2.45, 2.75) is 25.3 Å². The van der Waals surface area contributed by atoms with Gasteiger partial charge in [0.05, 0.1) is 23.9 Å². The van der Waals surface area contributed by atoms with Crippen LogP contribution in [0.2, 0.25) is 0 Å². The van der Waals surface area contributed by atoms with Crippen molar-refractivity contribution < 1.29 is 0 Å². The highest BCUT2D eigenvalue weighted by Crippen LogP contribution is 2.32. The van der Waals surface area contributed by atoms with Gasteiger partial charge in [0, 0.05) is 11.9 Å². The van der Waals surface area contributed by atoms with E-state index in [0.717, 1.165) is 6.42 Å². The van der Waals surface area contributed by atoms with Gasteiger partial charge in [0.15, 0.2) is 0 Å². The number of hydrogen-bond acceptors (Lipinski definition) is 4. The van der Waals surface area contributed by atoms with E-state index in [2.05, 4.69) is 10.3 Å². The summed E-state index contributed by atoms with van der Waals surface area (Å²) in [5.41, 5.74) is 2.48. The molecule has 0 aliphatic heterocycles. The Hall–Kier alpha value is -1.20. The number of nitrogens with one attached hydrogen (secondary N) is 1. The molecule has 5 heteroatoms. The van der Waals surface area contributed by atoms with Gasteiger partial charge in [-0.15, -0.1) is 11.3 Å². The van der Waals surface area contributed by atoms with Crippen molar-refractivity contribution in [2.24, 2.45) is 7.05 Å². The smallest absolute Gasteiger partial charge is 0.116 e. The Labute approximate surface area is 105 Å². The molecule has 0 bridgehead atoms. The van der Waals surface area contributed by atoms with Gasteiger partial charge >= 0.3 is 0 Å². The van der Waals surface area contributed by atoms with Crippen LogP contribution in [0.25, 0.3) is 0 Å². The number of nitrogens with zero attached hydrogens (tertiary/aromatic N) is 3. The van der Waals surface area contributed by atoms with E-state index in [-0.39, 0.29) is 6.04 Å². The average molecular weight is 248 g/mol. The number of fused-ring (bicyclic) bond motifs is 1. The minimum atomic E-state index is 0.165. The van der Waals surface area contributed by atoms with E-state index in [1.54, 1.807) is 0 Å². The van der Waals surface area contributed by atoms with Crippen molar-refractivity contribution in [2.75, 3.05) is 7.05 Å². The van der Waals surface area contributed by atoms with Gasteiger partial charge in [-0.25, -0.2) is 9.97 Å². The first-order valence-corrected chi connectivity index (χ1v) is 6.73. The summed E-state index contributed by atoms with van der Waals surface area (Å²) in [6.07, 6.45) is 7.36. The maximum Gasteiger partial charge on any atom is 0.116 e. The molecule has 1 aliphatic carbocycles. The van der Waals surface area contributed by atoms with Crippen LogP contribution in [0.15, 0.2) is 12.5 Å². The second kappa shape index (κ2) is 4.23. The van der Waals surface area contributed by atoms with Crippen LogP contribution < -0.4 is 5.32 Å². The summed E-state index contributed by atoms with van der Waals surface area (Å²) < 4.78 is 2.05. The molecule has 1 atom stereocenters. The lowest BCUT2D eigenvalue weighted by atomic mass is 10.2. The predicted molar refractivity (Wildman–Crippen MR) is 68.2 cm³/mol. The largest absolute Gasteiger partial charge is 0.336 e. The second-order valence-corrected chi connectivity index (χ2v) is 5.54. The van der Waals surface area contributed by atoms with E-state index in [4.69, 9.17) is 4.98 Å². The SMILES string of the molecule is CNC(c1nc2c(s1)CCC2)c1cncn1C. The standard InChI is InChI=1S/C12H16N4S/c1-13-11(9-6-14-7-16(9)2)12-15-8-4-3-5-10(8)17-12/h6-7,11,13H,3-5H2,1-2H3. The normalized spacial score (nSPS) is 16.1. The van der Waals surface area contributed by atoms with E-state index >= 15 is 0 Å². The molecule has 1 N–H and O–H groups in total. The average Bonchev–Trinajstić information content (AvgIpc) is 2.96. The number of imidazole rings is 1. The molecule has 2 heterocycles. The zero-order valence-electron chi connectivity index (χ0n) is 10.1. The molecule has 0 radical (unpaired) electrons. The van der Waals surface area contributed by atoms with E-state index in [9.17, 15) is 0 Å². The van der Waals surface area contributed by atoms with Gasteiger partial charge in [-0.1, -0.05) is 0 Å². The monoisotopic (exact) mass is 248 g/mol. The van der Waals surface area contributed by atoms with Gasteiger partial charge in [-0.05, 0) is 26.3 Å². The van der Waals surface area contributed by atoms with Gasteiger partial charge in [-0.3, -0.25) is 0 Å². The van der Waals surface area contributed by atoms with Crippen LogP contribution in [0.5, 0.6) is 0 Å². The number of aryl methyl sites for hydroxylation is 3. The van der Waals surface area contributed by atoms with Gasteiger partial charge in [0.1, 0.15) is 11.0 Å². The number of hydrogen-bond donors (Lipinski definition) is 1. The Morgan fingerprint density at radius 3 is 3.00 bits per heavy atom. The molecule has 0 spiro atoms. The first kappa shape index (κ1) is 10.9. The topological polar surface area (TPSA) is 42.7 Å². The highest BCUT2D eigenvalue weighted by atomic mass is 32.1. The quantitative estimate of drug-likeness (QED) is 0.898. The Balaban J connectivity index is 1.97. The number of rotatable bonds is 3. The Morgan fingerprint density at radius 1 is 1.47 bits per heavy atom. The fourth-order valence-electron chi connectivity index (χ4n) is 2.38. The summed E-state index contributed by atoms with van der Waals surface area (Å²) in [4.78, 5) is 10.4. The highest BCUT2D eigenvalue weighted by molar-refractivity contribution is 7.11. The molecule has 0 saturated carbocycles. The summed E-state index contributed by atoms with van der Waals surface area (Å²) in [7, 11) is 4.00. The predicted octanol–water partition coefficient (Wildman–Crippen LogP) is 1.67. The molecule has 2 aromatic heterocycles. The summed E-state index contributed by atoms with van der Waals surface area (Å²) in [6.45, 7) is 0. The second-order valence-electron chi connectivity index (χ2n) is 4.43. The Morgan fingerprint density at radius 2 is 2.35 bits per heavy atom. The van der Waals surface area contributed by atoms with E-state index in [0.29, 0.717) is 0 Å². The van der Waals surface area contributed by atoms with Crippen molar-refractivity contribution in [1.82, 2.24) is 19.9 Å². The number of aromatic nitrogens is 3. The molecule has 4 nitrogen and oxygen atoms in total. The lowest BCUT2D eigenvalue weighted by Gasteiger charge is -2.13. The summed E-state index contributed by atoms with van der Waals surface area (Å²) in [6, 6.07) is 0.165. The van der Waals surface area contributed by atoms with Crippen LogP contribution in [-0.2, 0) is 19.9 Å². The van der Waals surface area contributed by atoms with Crippen molar-refractivity contribution in [3.05, 3.63) is 33.8 Å². The van der Waals surface area contributed by atoms with Crippen molar-refractivity contribution in [3.8, 4) is 0 Å². The lowest BCUT2D eigenvalue weighted by molar-refractivity contribution is 0.632. The summed E-state index contributed by atoms with van der Waals surface area (Å²) in [5, 5.41) is 4.50. The third kappa shape index (κ3) is 1.79. The molecule has 1 unspecified atom stereocenters. The fraction of sp³-hybridized carbons (Fsp3) is 0.500. The molecule has 0 fully saturated rings. The van der Waals surface area contributed by atoms with Crippen LogP contribution in [-0.4, -0.2) is 21.6 Å². The Bertz CT molecular complexity index is 507. The van der Waals surface area contributed by atoms with Gasteiger partial charge in [0.25, 0.3) is 0 Å². The third-order valence-corrected chi connectivity index (χ3v) is 4.52. The van der Waals surface area contributed by atoms with Gasteiger partial charge in [0.2, 0.25) is 0 Å². The summed E-state index contributed by atoms with van der Waals surface area (Å²) >= 11 is 1.85. The minimum absolute atomic E-state index is 0.165. The molecule has 0 aromatic carbocycles. The molecule has 1 aliphatic rings. The molecular weight excluding hydrogens is 232 g/mol. The van der Waals surface area contributed by atoms with Crippen molar-refractivity contribution >= 4 is 11.3 Å². The Kier molecular flexibility index (Phi) is 2.72. The van der Waals surface area contributed by atoms with Crippen molar-refractivity contribution in [1.29, 1.82) is 0 Å². The van der Waals surface area contributed by atoms with Gasteiger partial charge in [-0.2, -0.15) is 0 Å². The van der Waals surface area contributed by atoms with E-state index in [1.165, 1.54) is 34.1 Å². The third-order valence-electron chi connectivity index (χ3n) is 3.30. The first-order chi connectivity index (χ1) is 8.29. The fourth-order valence-corrected chi connectivity index (χ4v) is 3.65. The lowest BCUT2D eigenvalue weighted by Crippen LogP contribution is -2.20.